The Morgan fingerprint density at radius 1 is 1.08 bits per heavy atom. The van der Waals surface area contributed by atoms with Crippen LogP contribution in [0.25, 0.3) is 22.0 Å². The van der Waals surface area contributed by atoms with Crippen LogP contribution in [0.4, 0.5) is 17.2 Å². The van der Waals surface area contributed by atoms with Crippen molar-refractivity contribution in [2.45, 2.75) is 31.9 Å². The highest BCUT2D eigenvalue weighted by Crippen LogP contribution is 2.40. The molecule has 194 valence electrons. The molecule has 1 atom stereocenters. The van der Waals surface area contributed by atoms with Gasteiger partial charge in [-0.2, -0.15) is 0 Å². The Labute approximate surface area is 225 Å². The molecule has 9 heteroatoms. The maximum absolute atomic E-state index is 13.3. The third-order valence-electron chi connectivity index (χ3n) is 7.29. The first kappa shape index (κ1) is 24.6. The molecule has 8 nitrogen and oxygen atoms in total. The number of halogens is 1. The largest absolute Gasteiger partial charge is 0.506 e. The number of nitrogens with two attached hydrogens (primary N) is 1. The zero-order valence-corrected chi connectivity index (χ0v) is 21.4. The quantitative estimate of drug-likeness (QED) is 0.246. The van der Waals surface area contributed by atoms with Gasteiger partial charge >= 0.3 is 0 Å². The zero-order chi connectivity index (χ0) is 26.4. The van der Waals surface area contributed by atoms with Crippen molar-refractivity contribution < 1.29 is 15.0 Å². The number of nitrogens with zero attached hydrogens (tertiary/aromatic N) is 3. The standard InChI is InChI=1S/C29H28ClN5O3/c30-24-11-18(9-19(15-36)29(24)38)17-3-5-25-22(10-17)27(23(13-32-25)28(37)16-1-2-16)34-21-4-6-26(33-12-21)35-8-7-20(31)14-35/h3-6,9-13,16,20,36,38H,1-2,7-8,14-15,31H2,(H,32,34). The van der Waals surface area contributed by atoms with E-state index in [0.29, 0.717) is 16.8 Å². The van der Waals surface area contributed by atoms with Crippen LogP contribution < -0.4 is 16.0 Å². The van der Waals surface area contributed by atoms with Crippen LogP contribution in [0.5, 0.6) is 5.75 Å². The lowest BCUT2D eigenvalue weighted by molar-refractivity contribution is 0.0968. The minimum Gasteiger partial charge on any atom is -0.506 e. The van der Waals surface area contributed by atoms with E-state index in [1.807, 2.05) is 30.3 Å². The van der Waals surface area contributed by atoms with Gasteiger partial charge in [0.25, 0.3) is 0 Å². The summed E-state index contributed by atoms with van der Waals surface area (Å²) in [4.78, 5) is 24.7. The van der Waals surface area contributed by atoms with Gasteiger partial charge < -0.3 is 26.2 Å². The highest BCUT2D eigenvalue weighted by Gasteiger charge is 2.32. The first-order valence-electron chi connectivity index (χ1n) is 12.7. The van der Waals surface area contributed by atoms with Crippen molar-refractivity contribution in [3.63, 3.8) is 0 Å². The Bertz CT molecular complexity index is 1540. The number of Topliss-reactive ketones (excluding diaryl/α,β-unsaturated/α-hetero) is 1. The molecule has 1 unspecified atom stereocenters. The minimum absolute atomic E-state index is 0.0286. The van der Waals surface area contributed by atoms with Gasteiger partial charge in [0, 0.05) is 42.2 Å². The van der Waals surface area contributed by atoms with Crippen LogP contribution in [0.2, 0.25) is 5.02 Å². The fourth-order valence-corrected chi connectivity index (χ4v) is 5.23. The van der Waals surface area contributed by atoms with Gasteiger partial charge in [0.15, 0.2) is 5.78 Å². The Kier molecular flexibility index (Phi) is 6.39. The van der Waals surface area contributed by atoms with E-state index in [4.69, 9.17) is 17.3 Å². The summed E-state index contributed by atoms with van der Waals surface area (Å²) < 4.78 is 0. The number of aliphatic hydroxyl groups is 1. The lowest BCUT2D eigenvalue weighted by Crippen LogP contribution is -2.26. The number of pyridine rings is 2. The lowest BCUT2D eigenvalue weighted by atomic mass is 9.98. The summed E-state index contributed by atoms with van der Waals surface area (Å²) in [6.45, 7) is 1.34. The number of rotatable bonds is 7. The lowest BCUT2D eigenvalue weighted by Gasteiger charge is -2.18. The van der Waals surface area contributed by atoms with Crippen molar-refractivity contribution in [1.29, 1.82) is 0 Å². The van der Waals surface area contributed by atoms with Crippen molar-refractivity contribution in [2.24, 2.45) is 11.7 Å². The van der Waals surface area contributed by atoms with E-state index in [-0.39, 0.29) is 35.1 Å². The maximum atomic E-state index is 13.3. The van der Waals surface area contributed by atoms with Gasteiger partial charge in [-0.25, -0.2) is 4.98 Å². The fourth-order valence-electron chi connectivity index (χ4n) is 4.99. The summed E-state index contributed by atoms with van der Waals surface area (Å²) in [5.74, 6) is 0.856. The van der Waals surface area contributed by atoms with E-state index in [2.05, 4.69) is 20.2 Å². The van der Waals surface area contributed by atoms with E-state index in [1.165, 1.54) is 0 Å². The molecule has 2 aliphatic rings. The molecule has 2 aromatic heterocycles. The molecule has 0 radical (unpaired) electrons. The second-order valence-corrected chi connectivity index (χ2v) is 10.5. The Morgan fingerprint density at radius 2 is 1.92 bits per heavy atom. The molecule has 0 spiro atoms. The predicted molar refractivity (Wildman–Crippen MR) is 149 cm³/mol. The Balaban J connectivity index is 1.42. The molecular formula is C29H28ClN5O3. The van der Waals surface area contributed by atoms with Crippen LogP contribution in [-0.4, -0.2) is 45.1 Å². The first-order valence-corrected chi connectivity index (χ1v) is 13.1. The molecule has 0 bridgehead atoms. The second kappa shape index (κ2) is 9.87. The molecule has 1 aliphatic carbocycles. The molecule has 2 fully saturated rings. The average Bonchev–Trinajstić information content (AvgIpc) is 3.70. The predicted octanol–water partition coefficient (Wildman–Crippen LogP) is 5.02. The number of carbonyl (C=O) groups excluding carboxylic acids is 1. The number of hydrogen-bond donors (Lipinski definition) is 4. The van der Waals surface area contributed by atoms with Gasteiger partial charge in [-0.1, -0.05) is 17.7 Å². The Hall–Kier alpha value is -3.72. The number of aromatic nitrogens is 2. The first-order chi connectivity index (χ1) is 18.4. The molecule has 1 saturated heterocycles. The number of benzene rings is 2. The van der Waals surface area contributed by atoms with E-state index in [0.717, 1.165) is 65.9 Å². The number of anilines is 3. The number of hydrogen-bond acceptors (Lipinski definition) is 8. The Morgan fingerprint density at radius 3 is 2.61 bits per heavy atom. The minimum atomic E-state index is -0.340. The van der Waals surface area contributed by atoms with Crippen LogP contribution in [0.3, 0.4) is 0 Å². The topological polar surface area (TPSA) is 125 Å². The highest BCUT2D eigenvalue weighted by atomic mass is 35.5. The number of fused-ring (bicyclic) bond motifs is 1. The summed E-state index contributed by atoms with van der Waals surface area (Å²) in [6.07, 6.45) is 6.15. The van der Waals surface area contributed by atoms with Crippen LogP contribution in [-0.2, 0) is 6.61 Å². The third kappa shape index (κ3) is 4.67. The zero-order valence-electron chi connectivity index (χ0n) is 20.7. The van der Waals surface area contributed by atoms with Crippen molar-refractivity contribution in [3.8, 4) is 16.9 Å². The van der Waals surface area contributed by atoms with Crippen LogP contribution in [0, 0.1) is 5.92 Å². The van der Waals surface area contributed by atoms with Crippen LogP contribution >= 0.6 is 11.6 Å². The molecule has 1 saturated carbocycles. The number of aromatic hydroxyl groups is 1. The number of aliphatic hydroxyl groups excluding tert-OH is 1. The molecule has 6 rings (SSSR count). The van der Waals surface area contributed by atoms with Crippen molar-refractivity contribution >= 4 is 45.5 Å². The average molecular weight is 530 g/mol. The molecule has 2 aromatic carbocycles. The molecular weight excluding hydrogens is 502 g/mol. The van der Waals surface area contributed by atoms with Crippen molar-refractivity contribution in [3.05, 3.63) is 71.0 Å². The molecule has 4 aromatic rings. The summed E-state index contributed by atoms with van der Waals surface area (Å²) in [5.41, 5.74) is 10.7. The normalized spacial score (nSPS) is 17.2. The summed E-state index contributed by atoms with van der Waals surface area (Å²) >= 11 is 6.23. The van der Waals surface area contributed by atoms with Crippen LogP contribution in [0.1, 0.15) is 35.2 Å². The van der Waals surface area contributed by atoms with E-state index in [9.17, 15) is 15.0 Å². The third-order valence-corrected chi connectivity index (χ3v) is 7.58. The summed E-state index contributed by atoms with van der Waals surface area (Å²) in [6, 6.07) is 13.2. The maximum Gasteiger partial charge on any atom is 0.169 e. The van der Waals surface area contributed by atoms with E-state index < -0.39 is 0 Å². The molecule has 38 heavy (non-hydrogen) atoms. The molecule has 1 aliphatic heterocycles. The van der Waals surface area contributed by atoms with E-state index >= 15 is 0 Å². The van der Waals surface area contributed by atoms with E-state index in [1.54, 1.807) is 24.5 Å². The fraction of sp³-hybridized carbons (Fsp3) is 0.276. The van der Waals surface area contributed by atoms with Gasteiger partial charge in [0.2, 0.25) is 0 Å². The van der Waals surface area contributed by atoms with Gasteiger partial charge in [-0.15, -0.1) is 0 Å². The van der Waals surface area contributed by atoms with Gasteiger partial charge in [0.05, 0.1) is 40.3 Å². The number of nitrogens with one attached hydrogen (secondary N) is 1. The number of carbonyl (C=O) groups is 1. The molecule has 5 N–H and O–H groups in total. The summed E-state index contributed by atoms with van der Waals surface area (Å²) in [7, 11) is 0. The SMILES string of the molecule is NC1CCN(c2ccc(Nc3c(C(=O)C4CC4)cnc4ccc(-c5cc(Cl)c(O)c(CO)c5)cc34)cn2)C1. The second-order valence-electron chi connectivity index (χ2n) is 10.1. The molecule has 3 heterocycles. The molecule has 0 amide bonds. The van der Waals surface area contributed by atoms with Gasteiger partial charge in [-0.05, 0) is 66.8 Å². The van der Waals surface area contributed by atoms with Gasteiger partial charge in [-0.3, -0.25) is 9.78 Å². The smallest absolute Gasteiger partial charge is 0.169 e. The van der Waals surface area contributed by atoms with Gasteiger partial charge in [0.1, 0.15) is 11.6 Å². The monoisotopic (exact) mass is 529 g/mol. The number of ketones is 1. The van der Waals surface area contributed by atoms with Crippen molar-refractivity contribution in [1.82, 2.24) is 9.97 Å². The van der Waals surface area contributed by atoms with Crippen molar-refractivity contribution in [2.75, 3.05) is 23.3 Å². The van der Waals surface area contributed by atoms with Crippen LogP contribution in [0.15, 0.2) is 54.9 Å². The highest BCUT2D eigenvalue weighted by molar-refractivity contribution is 6.32. The summed E-state index contributed by atoms with van der Waals surface area (Å²) in [5, 5.41) is 24.2. The number of phenols is 1.